The van der Waals surface area contributed by atoms with Gasteiger partial charge >= 0.3 is 0 Å². The van der Waals surface area contributed by atoms with E-state index in [0.29, 0.717) is 26.9 Å². The normalized spacial score (nSPS) is 26.9. The molecule has 2 fully saturated rings. The molecule has 0 aromatic heterocycles. The highest BCUT2D eigenvalue weighted by atomic mass is 35.5. The summed E-state index contributed by atoms with van der Waals surface area (Å²) >= 11 is 18.4. The molecule has 1 aromatic carbocycles. The van der Waals surface area contributed by atoms with Gasteiger partial charge in [0.15, 0.2) is 5.75 Å². The Morgan fingerprint density at radius 1 is 1.19 bits per heavy atom. The van der Waals surface area contributed by atoms with Crippen LogP contribution in [0.5, 0.6) is 5.75 Å². The molecule has 2 atom stereocenters. The maximum atomic E-state index is 6.24. The van der Waals surface area contributed by atoms with E-state index in [9.17, 15) is 0 Å². The zero-order valence-corrected chi connectivity index (χ0v) is 14.4. The van der Waals surface area contributed by atoms with E-state index in [0.717, 1.165) is 13.0 Å². The van der Waals surface area contributed by atoms with Crippen LogP contribution in [0.25, 0.3) is 0 Å². The molecule has 116 valence electrons. The van der Waals surface area contributed by atoms with Crippen molar-refractivity contribution in [1.29, 1.82) is 0 Å². The number of ether oxygens (including phenoxy) is 1. The summed E-state index contributed by atoms with van der Waals surface area (Å²) in [4.78, 5) is 0. The number of hydrogen-bond acceptors (Lipinski definition) is 2. The molecular formula is C16H20Cl3NO. The Morgan fingerprint density at radius 2 is 1.81 bits per heavy atom. The van der Waals surface area contributed by atoms with Gasteiger partial charge in [-0.15, -0.1) is 0 Å². The van der Waals surface area contributed by atoms with Crippen molar-refractivity contribution in [2.45, 2.75) is 51.2 Å². The fraction of sp³-hybridized carbons (Fsp3) is 0.625. The molecule has 0 aliphatic heterocycles. The third-order valence-corrected chi connectivity index (χ3v) is 5.77. The van der Waals surface area contributed by atoms with Crippen molar-refractivity contribution < 1.29 is 4.74 Å². The second kappa shape index (κ2) is 6.16. The molecule has 2 nitrogen and oxygen atoms in total. The van der Waals surface area contributed by atoms with E-state index in [2.05, 4.69) is 12.2 Å². The van der Waals surface area contributed by atoms with E-state index < -0.39 is 0 Å². The van der Waals surface area contributed by atoms with Gasteiger partial charge in [-0.3, -0.25) is 0 Å². The summed E-state index contributed by atoms with van der Waals surface area (Å²) in [6.07, 6.45) is 6.22. The predicted molar refractivity (Wildman–Crippen MR) is 88.9 cm³/mol. The quantitative estimate of drug-likeness (QED) is 0.793. The van der Waals surface area contributed by atoms with Gasteiger partial charge in [0.1, 0.15) is 6.10 Å². The van der Waals surface area contributed by atoms with Crippen molar-refractivity contribution in [3.8, 4) is 5.75 Å². The molecule has 21 heavy (non-hydrogen) atoms. The van der Waals surface area contributed by atoms with Gasteiger partial charge in [-0.2, -0.15) is 0 Å². The Bertz CT molecular complexity index is 505. The maximum absolute atomic E-state index is 6.24. The van der Waals surface area contributed by atoms with Gasteiger partial charge < -0.3 is 10.1 Å². The van der Waals surface area contributed by atoms with Crippen LogP contribution in [0.4, 0.5) is 0 Å². The van der Waals surface area contributed by atoms with E-state index in [1.165, 1.54) is 25.7 Å². The van der Waals surface area contributed by atoms with E-state index >= 15 is 0 Å². The monoisotopic (exact) mass is 347 g/mol. The van der Waals surface area contributed by atoms with Crippen LogP contribution >= 0.6 is 34.8 Å². The van der Waals surface area contributed by atoms with Crippen molar-refractivity contribution in [3.63, 3.8) is 0 Å². The molecule has 2 saturated carbocycles. The summed E-state index contributed by atoms with van der Waals surface area (Å²) in [5.74, 6) is 0.578. The van der Waals surface area contributed by atoms with Crippen molar-refractivity contribution in [2.24, 2.45) is 5.41 Å². The van der Waals surface area contributed by atoms with Gasteiger partial charge in [0.05, 0.1) is 10.0 Å². The fourth-order valence-corrected chi connectivity index (χ4v) is 4.84. The number of rotatable bonds is 4. The first kappa shape index (κ1) is 15.7. The first-order valence-electron chi connectivity index (χ1n) is 7.61. The minimum Gasteiger partial charge on any atom is -0.487 e. The van der Waals surface area contributed by atoms with Crippen molar-refractivity contribution in [1.82, 2.24) is 5.32 Å². The highest BCUT2D eigenvalue weighted by Crippen LogP contribution is 2.55. The molecule has 1 aromatic rings. The fourth-order valence-electron chi connectivity index (χ4n) is 3.93. The number of benzene rings is 1. The molecule has 1 N–H and O–H groups in total. The van der Waals surface area contributed by atoms with Crippen LogP contribution in [0.2, 0.25) is 15.1 Å². The molecular weight excluding hydrogens is 329 g/mol. The topological polar surface area (TPSA) is 21.3 Å². The standard InChI is InChI=1S/C16H20Cl3NO/c1-2-20-13-9-14(16(13)5-3-4-6-16)21-15-11(18)7-10(17)8-12(15)19/h7-8,13-14,20H,2-6,9H2,1H3. The van der Waals surface area contributed by atoms with Gasteiger partial charge in [-0.05, 0) is 31.5 Å². The largest absolute Gasteiger partial charge is 0.487 e. The Morgan fingerprint density at radius 3 is 2.38 bits per heavy atom. The van der Waals surface area contributed by atoms with Crippen LogP contribution in [-0.4, -0.2) is 18.7 Å². The lowest BCUT2D eigenvalue weighted by molar-refractivity contribution is -0.0754. The Balaban J connectivity index is 1.80. The van der Waals surface area contributed by atoms with E-state index in [1.807, 2.05) is 0 Å². The first-order chi connectivity index (χ1) is 10.1. The third-order valence-electron chi connectivity index (χ3n) is 4.99. The van der Waals surface area contributed by atoms with Crippen molar-refractivity contribution in [3.05, 3.63) is 27.2 Å². The summed E-state index contributed by atoms with van der Waals surface area (Å²) in [5, 5.41) is 5.12. The van der Waals surface area contributed by atoms with Crippen LogP contribution in [0, 0.1) is 5.41 Å². The smallest absolute Gasteiger partial charge is 0.157 e. The van der Waals surface area contributed by atoms with Crippen LogP contribution in [0.3, 0.4) is 0 Å². The summed E-state index contributed by atoms with van der Waals surface area (Å²) in [6, 6.07) is 3.93. The molecule has 0 saturated heterocycles. The Kier molecular flexibility index (Phi) is 4.61. The Hall–Kier alpha value is -0.150. The second-order valence-corrected chi connectivity index (χ2v) is 7.34. The highest BCUT2D eigenvalue weighted by molar-refractivity contribution is 6.40. The second-order valence-electron chi connectivity index (χ2n) is 6.09. The Labute approximate surface area is 141 Å². The molecule has 5 heteroatoms. The zero-order valence-electron chi connectivity index (χ0n) is 12.1. The molecule has 0 amide bonds. The van der Waals surface area contributed by atoms with Gasteiger partial charge in [-0.1, -0.05) is 54.6 Å². The van der Waals surface area contributed by atoms with Crippen LogP contribution in [-0.2, 0) is 0 Å². The highest BCUT2D eigenvalue weighted by Gasteiger charge is 2.57. The summed E-state index contributed by atoms with van der Waals surface area (Å²) < 4.78 is 6.22. The minimum absolute atomic E-state index is 0.195. The lowest BCUT2D eigenvalue weighted by Crippen LogP contribution is -2.63. The average Bonchev–Trinajstić information content (AvgIpc) is 2.92. The molecule has 0 bridgehead atoms. The van der Waals surface area contributed by atoms with E-state index in [-0.39, 0.29) is 11.5 Å². The molecule has 3 rings (SSSR count). The van der Waals surface area contributed by atoms with E-state index in [4.69, 9.17) is 39.5 Å². The lowest BCUT2D eigenvalue weighted by Gasteiger charge is -2.54. The SMILES string of the molecule is CCNC1CC(Oc2c(Cl)cc(Cl)cc2Cl)C12CCCC2. The molecule has 2 aliphatic carbocycles. The van der Waals surface area contributed by atoms with Crippen LogP contribution in [0.15, 0.2) is 12.1 Å². The zero-order chi connectivity index (χ0) is 15.0. The summed E-state index contributed by atoms with van der Waals surface area (Å²) in [5.41, 5.74) is 0.252. The summed E-state index contributed by atoms with van der Waals surface area (Å²) in [6.45, 7) is 3.16. The van der Waals surface area contributed by atoms with Gasteiger partial charge in [0.2, 0.25) is 0 Å². The van der Waals surface area contributed by atoms with Crippen LogP contribution < -0.4 is 10.1 Å². The van der Waals surface area contributed by atoms with Gasteiger partial charge in [0, 0.05) is 22.9 Å². The number of halogens is 3. The van der Waals surface area contributed by atoms with E-state index in [1.54, 1.807) is 12.1 Å². The predicted octanol–water partition coefficient (Wildman–Crippen LogP) is 5.34. The average molecular weight is 349 g/mol. The van der Waals surface area contributed by atoms with Gasteiger partial charge in [-0.25, -0.2) is 0 Å². The molecule has 0 radical (unpaired) electrons. The van der Waals surface area contributed by atoms with Gasteiger partial charge in [0.25, 0.3) is 0 Å². The number of hydrogen-bond donors (Lipinski definition) is 1. The molecule has 0 heterocycles. The maximum Gasteiger partial charge on any atom is 0.157 e. The van der Waals surface area contributed by atoms with Crippen LogP contribution in [0.1, 0.15) is 39.0 Å². The molecule has 2 aliphatic rings. The summed E-state index contributed by atoms with van der Waals surface area (Å²) in [7, 11) is 0. The van der Waals surface area contributed by atoms with Crippen molar-refractivity contribution >= 4 is 34.8 Å². The molecule has 2 unspecified atom stereocenters. The lowest BCUT2D eigenvalue weighted by atomic mass is 9.60. The molecule has 1 spiro atoms. The minimum atomic E-state index is 0.195. The number of nitrogens with one attached hydrogen (secondary N) is 1. The first-order valence-corrected chi connectivity index (χ1v) is 8.75. The van der Waals surface area contributed by atoms with Crippen molar-refractivity contribution in [2.75, 3.05) is 6.54 Å². The third kappa shape index (κ3) is 2.76.